The molecular formula is C25H23BrN2OS. The quantitative estimate of drug-likeness (QED) is 0.489. The fourth-order valence-corrected chi connectivity index (χ4v) is 5.73. The maximum Gasteiger partial charge on any atom is 0.271 e. The summed E-state index contributed by atoms with van der Waals surface area (Å²) in [6.45, 7) is 0. The zero-order valence-corrected chi connectivity index (χ0v) is 19.1. The van der Waals surface area contributed by atoms with Crippen LogP contribution in [0.1, 0.15) is 55.7 Å². The molecule has 0 fully saturated rings. The van der Waals surface area contributed by atoms with Gasteiger partial charge in [0.15, 0.2) is 4.80 Å². The largest absolute Gasteiger partial charge is 0.272 e. The van der Waals surface area contributed by atoms with Gasteiger partial charge in [-0.25, -0.2) is 4.99 Å². The van der Waals surface area contributed by atoms with Crippen LogP contribution < -0.4 is 14.9 Å². The van der Waals surface area contributed by atoms with Gasteiger partial charge in [-0.3, -0.25) is 9.36 Å². The molecule has 0 saturated heterocycles. The molecule has 0 spiro atoms. The van der Waals surface area contributed by atoms with Crippen molar-refractivity contribution < 1.29 is 0 Å². The van der Waals surface area contributed by atoms with Crippen LogP contribution in [0.25, 0.3) is 6.08 Å². The van der Waals surface area contributed by atoms with Crippen LogP contribution in [0.5, 0.6) is 0 Å². The van der Waals surface area contributed by atoms with Crippen molar-refractivity contribution in [2.24, 2.45) is 4.99 Å². The number of benzene rings is 2. The van der Waals surface area contributed by atoms with E-state index in [1.807, 2.05) is 41.0 Å². The average Bonchev–Trinajstić information content (AvgIpc) is 3.05. The summed E-state index contributed by atoms with van der Waals surface area (Å²) in [6.07, 6.45) is 8.89. The standard InChI is InChI=1S/C25H23BrN2OS/c26-19-14-12-17(13-15-19)16-22-24(29)28-23(18-8-4-3-5-9-18)20-10-6-1-2-7-11-21(20)27-25(28)30-22/h3-5,8-9,12-16,23H,1-2,6-7,10-11H2/b22-16-. The highest BCUT2D eigenvalue weighted by molar-refractivity contribution is 9.10. The number of thiazole rings is 1. The third kappa shape index (κ3) is 3.77. The summed E-state index contributed by atoms with van der Waals surface area (Å²) < 4.78 is 3.71. The van der Waals surface area contributed by atoms with Crippen molar-refractivity contribution in [3.8, 4) is 0 Å². The van der Waals surface area contributed by atoms with E-state index in [-0.39, 0.29) is 11.6 Å². The van der Waals surface area contributed by atoms with Gasteiger partial charge in [-0.1, -0.05) is 82.6 Å². The Morgan fingerprint density at radius 3 is 2.47 bits per heavy atom. The smallest absolute Gasteiger partial charge is 0.271 e. The van der Waals surface area contributed by atoms with Gasteiger partial charge < -0.3 is 0 Å². The molecule has 3 aromatic rings. The average molecular weight is 479 g/mol. The van der Waals surface area contributed by atoms with E-state index in [0.717, 1.165) is 32.2 Å². The lowest BCUT2D eigenvalue weighted by atomic mass is 9.88. The molecule has 0 N–H and O–H groups in total. The number of rotatable bonds is 2. The van der Waals surface area contributed by atoms with E-state index < -0.39 is 0 Å². The summed E-state index contributed by atoms with van der Waals surface area (Å²) >= 11 is 4.98. The number of hydrogen-bond donors (Lipinski definition) is 0. The summed E-state index contributed by atoms with van der Waals surface area (Å²) in [6, 6.07) is 18.5. The molecule has 1 aliphatic carbocycles. The number of allylic oxidation sites excluding steroid dienone is 2. The van der Waals surface area contributed by atoms with Gasteiger partial charge in [0.2, 0.25) is 0 Å². The van der Waals surface area contributed by atoms with E-state index in [2.05, 4.69) is 40.2 Å². The molecule has 0 saturated carbocycles. The minimum Gasteiger partial charge on any atom is -0.272 e. The Bertz CT molecular complexity index is 1270. The molecule has 2 heterocycles. The second kappa shape index (κ2) is 8.48. The molecule has 1 atom stereocenters. The Labute approximate surface area is 188 Å². The van der Waals surface area contributed by atoms with Crippen LogP contribution in [0.2, 0.25) is 0 Å². The Balaban J connectivity index is 1.72. The van der Waals surface area contributed by atoms with Crippen molar-refractivity contribution in [1.82, 2.24) is 4.57 Å². The van der Waals surface area contributed by atoms with E-state index in [1.54, 1.807) is 0 Å². The fraction of sp³-hybridized carbons (Fsp3) is 0.280. The number of hydrogen-bond acceptors (Lipinski definition) is 3. The van der Waals surface area contributed by atoms with E-state index in [9.17, 15) is 4.79 Å². The Morgan fingerprint density at radius 2 is 1.70 bits per heavy atom. The van der Waals surface area contributed by atoms with Crippen molar-refractivity contribution in [2.75, 3.05) is 0 Å². The summed E-state index contributed by atoms with van der Waals surface area (Å²) in [5.41, 5.74) is 4.81. The predicted octanol–water partition coefficient (Wildman–Crippen LogP) is 5.33. The first-order valence-corrected chi connectivity index (χ1v) is 12.2. The lowest BCUT2D eigenvalue weighted by Gasteiger charge is -2.28. The molecule has 0 amide bonds. The van der Waals surface area contributed by atoms with Crippen molar-refractivity contribution in [2.45, 2.75) is 44.6 Å². The SMILES string of the molecule is O=c1/c(=C/c2ccc(Br)cc2)sc2n1C(c1ccccc1)C1=C(CCCCCC1)N=2. The molecule has 0 bridgehead atoms. The molecular weight excluding hydrogens is 456 g/mol. The van der Waals surface area contributed by atoms with Gasteiger partial charge in [0.25, 0.3) is 5.56 Å². The van der Waals surface area contributed by atoms with Crippen molar-refractivity contribution in [1.29, 1.82) is 0 Å². The fourth-order valence-electron chi connectivity index (χ4n) is 4.45. The normalized spacial score (nSPS) is 19.5. The van der Waals surface area contributed by atoms with Gasteiger partial charge in [0, 0.05) is 10.2 Å². The zero-order chi connectivity index (χ0) is 20.5. The maximum atomic E-state index is 13.5. The Morgan fingerprint density at radius 1 is 0.967 bits per heavy atom. The van der Waals surface area contributed by atoms with Crippen LogP contribution in [0.3, 0.4) is 0 Å². The Hall–Kier alpha value is -2.24. The predicted molar refractivity (Wildman–Crippen MR) is 126 cm³/mol. The number of halogens is 1. The number of nitrogens with zero attached hydrogens (tertiary/aromatic N) is 2. The molecule has 5 rings (SSSR count). The van der Waals surface area contributed by atoms with E-state index in [0.29, 0.717) is 0 Å². The first-order chi connectivity index (χ1) is 14.7. The summed E-state index contributed by atoms with van der Waals surface area (Å²) in [5.74, 6) is 0. The minimum absolute atomic E-state index is 0.0392. The first kappa shape index (κ1) is 19.7. The molecule has 5 heteroatoms. The lowest BCUT2D eigenvalue weighted by Crippen LogP contribution is -2.38. The third-order valence-electron chi connectivity index (χ3n) is 5.92. The van der Waals surface area contributed by atoms with Gasteiger partial charge in [0.1, 0.15) is 0 Å². The second-order valence-electron chi connectivity index (χ2n) is 7.93. The van der Waals surface area contributed by atoms with E-state index in [4.69, 9.17) is 4.99 Å². The zero-order valence-electron chi connectivity index (χ0n) is 16.7. The summed E-state index contributed by atoms with van der Waals surface area (Å²) in [5, 5.41) is 0. The van der Waals surface area contributed by atoms with E-state index in [1.165, 1.54) is 53.9 Å². The van der Waals surface area contributed by atoms with Gasteiger partial charge >= 0.3 is 0 Å². The molecule has 1 aliphatic heterocycles. The van der Waals surface area contributed by atoms with Crippen LogP contribution >= 0.6 is 27.3 Å². The number of fused-ring (bicyclic) bond motifs is 1. The van der Waals surface area contributed by atoms with Crippen LogP contribution in [0.4, 0.5) is 0 Å². The maximum absolute atomic E-state index is 13.5. The van der Waals surface area contributed by atoms with Gasteiger partial charge in [-0.15, -0.1) is 0 Å². The van der Waals surface area contributed by atoms with Crippen LogP contribution in [0.15, 0.2) is 80.1 Å². The topological polar surface area (TPSA) is 34.4 Å². The van der Waals surface area contributed by atoms with Crippen LogP contribution in [-0.2, 0) is 0 Å². The molecule has 0 radical (unpaired) electrons. The monoisotopic (exact) mass is 478 g/mol. The molecule has 1 aromatic heterocycles. The highest BCUT2D eigenvalue weighted by Crippen LogP contribution is 2.36. The summed E-state index contributed by atoms with van der Waals surface area (Å²) in [7, 11) is 0. The number of aromatic nitrogens is 1. The summed E-state index contributed by atoms with van der Waals surface area (Å²) in [4.78, 5) is 19.4. The Kier molecular flexibility index (Phi) is 5.57. The molecule has 2 aromatic carbocycles. The van der Waals surface area contributed by atoms with Crippen LogP contribution in [0, 0.1) is 0 Å². The highest BCUT2D eigenvalue weighted by atomic mass is 79.9. The van der Waals surface area contributed by atoms with Gasteiger partial charge in [-0.05, 0) is 60.6 Å². The van der Waals surface area contributed by atoms with Crippen molar-refractivity contribution >= 4 is 33.3 Å². The molecule has 30 heavy (non-hydrogen) atoms. The van der Waals surface area contributed by atoms with Crippen molar-refractivity contribution in [3.05, 3.63) is 101 Å². The molecule has 3 nitrogen and oxygen atoms in total. The highest BCUT2D eigenvalue weighted by Gasteiger charge is 2.29. The van der Waals surface area contributed by atoms with Crippen molar-refractivity contribution in [3.63, 3.8) is 0 Å². The molecule has 2 aliphatic rings. The first-order valence-electron chi connectivity index (χ1n) is 10.5. The van der Waals surface area contributed by atoms with E-state index >= 15 is 0 Å². The minimum atomic E-state index is -0.0392. The molecule has 1 unspecified atom stereocenters. The van der Waals surface area contributed by atoms with Gasteiger partial charge in [-0.2, -0.15) is 0 Å². The lowest BCUT2D eigenvalue weighted by molar-refractivity contribution is 0.522. The van der Waals surface area contributed by atoms with Crippen LogP contribution in [-0.4, -0.2) is 4.57 Å². The third-order valence-corrected chi connectivity index (χ3v) is 7.43. The van der Waals surface area contributed by atoms with Gasteiger partial charge in [0.05, 0.1) is 10.6 Å². The second-order valence-corrected chi connectivity index (χ2v) is 9.86. The molecule has 152 valence electrons.